The summed E-state index contributed by atoms with van der Waals surface area (Å²) in [5.41, 5.74) is 2.92. The Morgan fingerprint density at radius 1 is 1.11 bits per heavy atom. The van der Waals surface area contributed by atoms with Gasteiger partial charge in [0.2, 0.25) is 0 Å². The van der Waals surface area contributed by atoms with Gasteiger partial charge in [0.15, 0.2) is 13.2 Å². The fourth-order valence-corrected chi connectivity index (χ4v) is 2.13. The maximum atomic E-state index is 11.7. The largest absolute Gasteiger partial charge is 0.497 e. The van der Waals surface area contributed by atoms with Crippen molar-refractivity contribution in [2.24, 2.45) is 5.10 Å². The van der Waals surface area contributed by atoms with Crippen LogP contribution in [0.15, 0.2) is 47.6 Å². The van der Waals surface area contributed by atoms with Crippen LogP contribution in [-0.4, -0.2) is 43.5 Å². The Balaban J connectivity index is 1.80. The minimum Gasteiger partial charge on any atom is -0.497 e. The summed E-state index contributed by atoms with van der Waals surface area (Å²) in [6, 6.07) is 11.5. The third-order valence-electron chi connectivity index (χ3n) is 3.14. The van der Waals surface area contributed by atoms with Gasteiger partial charge in [-0.1, -0.05) is 11.6 Å². The number of halogens is 1. The molecule has 0 unspecified atom stereocenters. The lowest BCUT2D eigenvalue weighted by atomic mass is 10.2. The van der Waals surface area contributed by atoms with Crippen LogP contribution in [0.5, 0.6) is 17.2 Å². The summed E-state index contributed by atoms with van der Waals surface area (Å²) in [5.74, 6) is -0.0768. The third kappa shape index (κ3) is 6.87. The molecule has 2 aromatic carbocycles. The molecular formula is C18H17ClN2O6. The van der Waals surface area contributed by atoms with E-state index in [0.717, 1.165) is 0 Å². The van der Waals surface area contributed by atoms with E-state index in [1.807, 2.05) is 0 Å². The summed E-state index contributed by atoms with van der Waals surface area (Å²) in [6.45, 7) is -0.691. The maximum Gasteiger partial charge on any atom is 0.341 e. The van der Waals surface area contributed by atoms with Gasteiger partial charge in [-0.15, -0.1) is 0 Å². The third-order valence-corrected chi connectivity index (χ3v) is 3.43. The first-order chi connectivity index (χ1) is 13.0. The first-order valence-electron chi connectivity index (χ1n) is 7.71. The van der Waals surface area contributed by atoms with Crippen LogP contribution in [0, 0.1) is 0 Å². The zero-order valence-electron chi connectivity index (χ0n) is 14.3. The van der Waals surface area contributed by atoms with Crippen LogP contribution in [-0.2, 0) is 9.59 Å². The molecule has 2 N–H and O–H groups in total. The van der Waals surface area contributed by atoms with Crippen LogP contribution >= 0.6 is 11.6 Å². The summed E-state index contributed by atoms with van der Waals surface area (Å²) < 4.78 is 15.4. The molecule has 0 spiro atoms. The van der Waals surface area contributed by atoms with E-state index in [-0.39, 0.29) is 17.4 Å². The van der Waals surface area contributed by atoms with E-state index in [0.29, 0.717) is 17.1 Å². The minimum atomic E-state index is -1.10. The fraction of sp³-hybridized carbons (Fsp3) is 0.167. The predicted molar refractivity (Wildman–Crippen MR) is 98.8 cm³/mol. The molecule has 0 saturated heterocycles. The summed E-state index contributed by atoms with van der Waals surface area (Å²) in [6.07, 6.45) is 1.39. The second-order valence-corrected chi connectivity index (χ2v) is 5.54. The topological polar surface area (TPSA) is 106 Å². The molecule has 9 heteroatoms. The molecule has 142 valence electrons. The van der Waals surface area contributed by atoms with Gasteiger partial charge in [0.25, 0.3) is 5.91 Å². The lowest BCUT2D eigenvalue weighted by molar-refractivity contribution is -0.139. The number of nitrogens with one attached hydrogen (secondary N) is 1. The van der Waals surface area contributed by atoms with Crippen molar-refractivity contribution in [3.63, 3.8) is 0 Å². The average Bonchev–Trinajstić information content (AvgIpc) is 2.66. The van der Waals surface area contributed by atoms with Crippen molar-refractivity contribution in [2.45, 2.75) is 0 Å². The molecule has 0 aliphatic rings. The molecule has 0 saturated carbocycles. The Kier molecular flexibility index (Phi) is 7.45. The summed E-state index contributed by atoms with van der Waals surface area (Å²) >= 11 is 6.00. The number of hydrogen-bond donors (Lipinski definition) is 2. The van der Waals surface area contributed by atoms with Crippen molar-refractivity contribution in [3.8, 4) is 17.2 Å². The molecule has 0 atom stereocenters. The molecule has 0 aromatic heterocycles. The predicted octanol–water partition coefficient (Wildman–Crippen LogP) is 2.34. The van der Waals surface area contributed by atoms with E-state index in [1.165, 1.54) is 18.3 Å². The minimum absolute atomic E-state index is 0.202. The number of rotatable bonds is 9. The summed E-state index contributed by atoms with van der Waals surface area (Å²) in [4.78, 5) is 22.2. The Morgan fingerprint density at radius 2 is 1.81 bits per heavy atom. The van der Waals surface area contributed by atoms with Gasteiger partial charge < -0.3 is 19.3 Å². The summed E-state index contributed by atoms with van der Waals surface area (Å²) in [7, 11) is 1.56. The average molecular weight is 393 g/mol. The molecule has 8 nitrogen and oxygen atoms in total. The Hall–Kier alpha value is -3.26. The van der Waals surface area contributed by atoms with Crippen molar-refractivity contribution in [3.05, 3.63) is 53.1 Å². The number of carboxylic acid groups (broad SMARTS) is 1. The van der Waals surface area contributed by atoms with E-state index in [9.17, 15) is 9.59 Å². The van der Waals surface area contributed by atoms with E-state index in [4.69, 9.17) is 30.9 Å². The fourth-order valence-electron chi connectivity index (χ4n) is 1.89. The van der Waals surface area contributed by atoms with Gasteiger partial charge >= 0.3 is 5.97 Å². The number of benzene rings is 2. The van der Waals surface area contributed by atoms with Gasteiger partial charge in [-0.25, -0.2) is 10.2 Å². The Bertz CT molecular complexity index is 823. The number of carboxylic acids is 1. The highest BCUT2D eigenvalue weighted by Crippen LogP contribution is 2.24. The number of ether oxygens (including phenoxy) is 3. The molecule has 0 aliphatic heterocycles. The molecule has 27 heavy (non-hydrogen) atoms. The lowest BCUT2D eigenvalue weighted by Crippen LogP contribution is -2.24. The number of hydrazone groups is 1. The molecule has 2 aromatic rings. The van der Waals surface area contributed by atoms with Gasteiger partial charge in [-0.2, -0.15) is 5.10 Å². The second kappa shape index (κ2) is 10.0. The van der Waals surface area contributed by atoms with Crippen molar-refractivity contribution < 1.29 is 28.9 Å². The number of amides is 1. The normalized spacial score (nSPS) is 10.4. The lowest BCUT2D eigenvalue weighted by Gasteiger charge is -2.06. The highest BCUT2D eigenvalue weighted by Gasteiger charge is 2.05. The van der Waals surface area contributed by atoms with Crippen molar-refractivity contribution in [2.75, 3.05) is 20.3 Å². The maximum absolute atomic E-state index is 11.7. The molecule has 0 fully saturated rings. The Morgan fingerprint density at radius 3 is 2.44 bits per heavy atom. The van der Waals surface area contributed by atoms with Gasteiger partial charge in [0, 0.05) is 0 Å². The smallest absolute Gasteiger partial charge is 0.341 e. The quantitative estimate of drug-likeness (QED) is 0.501. The molecular weight excluding hydrogens is 376 g/mol. The molecule has 0 aliphatic carbocycles. The number of carbonyl (C=O) groups excluding carboxylic acids is 1. The second-order valence-electron chi connectivity index (χ2n) is 5.13. The number of nitrogens with zero attached hydrogens (tertiary/aromatic N) is 1. The highest BCUT2D eigenvalue weighted by atomic mass is 35.5. The van der Waals surface area contributed by atoms with Crippen molar-refractivity contribution in [1.82, 2.24) is 5.43 Å². The molecule has 2 rings (SSSR count). The number of hydrogen-bond acceptors (Lipinski definition) is 6. The first-order valence-corrected chi connectivity index (χ1v) is 8.08. The zero-order chi connectivity index (χ0) is 19.6. The van der Waals surface area contributed by atoms with Crippen LogP contribution in [0.3, 0.4) is 0 Å². The van der Waals surface area contributed by atoms with Gasteiger partial charge in [0.1, 0.15) is 17.2 Å². The van der Waals surface area contributed by atoms with Crippen LogP contribution in [0.1, 0.15) is 5.56 Å². The number of aliphatic carboxylic acids is 1. The standard InChI is InChI=1S/C18H17ClN2O6/c1-25-13-3-5-14(6-4-13)26-10-17(22)21-20-9-12-2-7-16(15(19)8-12)27-11-18(23)24/h2-9H,10-11H2,1H3,(H,21,22)(H,23,24)/b20-9+. The van der Waals surface area contributed by atoms with E-state index < -0.39 is 18.5 Å². The molecule has 0 radical (unpaired) electrons. The number of carbonyl (C=O) groups is 2. The van der Waals surface area contributed by atoms with Crippen LogP contribution in [0.2, 0.25) is 5.02 Å². The SMILES string of the molecule is COc1ccc(OCC(=O)N/N=C/c2ccc(OCC(=O)O)c(Cl)c2)cc1. The van der Waals surface area contributed by atoms with Gasteiger partial charge in [-0.05, 0) is 48.0 Å². The molecule has 0 bridgehead atoms. The summed E-state index contributed by atoms with van der Waals surface area (Å²) in [5, 5.41) is 12.6. The van der Waals surface area contributed by atoms with Gasteiger partial charge in [0.05, 0.1) is 18.3 Å². The first kappa shape index (κ1) is 20.1. The zero-order valence-corrected chi connectivity index (χ0v) is 15.1. The van der Waals surface area contributed by atoms with Crippen molar-refractivity contribution in [1.29, 1.82) is 0 Å². The molecule has 0 heterocycles. The Labute approximate surface area is 160 Å². The number of methoxy groups -OCH3 is 1. The van der Waals surface area contributed by atoms with Crippen LogP contribution < -0.4 is 19.6 Å². The van der Waals surface area contributed by atoms with Gasteiger partial charge in [-0.3, -0.25) is 4.79 Å². The highest BCUT2D eigenvalue weighted by molar-refractivity contribution is 6.32. The van der Waals surface area contributed by atoms with E-state index in [2.05, 4.69) is 10.5 Å². The monoisotopic (exact) mass is 392 g/mol. The van der Waals surface area contributed by atoms with Crippen LogP contribution in [0.25, 0.3) is 0 Å². The van der Waals surface area contributed by atoms with E-state index in [1.54, 1.807) is 37.4 Å². The van der Waals surface area contributed by atoms with Crippen molar-refractivity contribution >= 4 is 29.7 Å². The molecule has 1 amide bonds. The van der Waals surface area contributed by atoms with E-state index >= 15 is 0 Å². The van der Waals surface area contributed by atoms with Crippen LogP contribution in [0.4, 0.5) is 0 Å².